The molecule has 2 amide bonds. The predicted molar refractivity (Wildman–Crippen MR) is 130 cm³/mol. The molecule has 1 unspecified atom stereocenters. The number of thiazole rings is 1. The van der Waals surface area contributed by atoms with E-state index >= 15 is 0 Å². The van der Waals surface area contributed by atoms with Crippen LogP contribution in [0, 0.1) is 6.92 Å². The molecule has 170 valence electrons. The zero-order chi connectivity index (χ0) is 23.7. The van der Waals surface area contributed by atoms with Gasteiger partial charge in [-0.3, -0.25) is 14.9 Å². The van der Waals surface area contributed by atoms with Crippen LogP contribution in [0.1, 0.15) is 61.4 Å². The highest BCUT2D eigenvalue weighted by Crippen LogP contribution is 2.27. The van der Waals surface area contributed by atoms with E-state index in [4.69, 9.17) is 0 Å². The Hall–Kier alpha value is -3.59. The number of fused-ring (bicyclic) bond motifs is 1. The number of aryl methyl sites for hydroxylation is 1. The first-order valence-electron chi connectivity index (χ1n) is 10.7. The third kappa shape index (κ3) is 4.78. The fourth-order valence-corrected chi connectivity index (χ4v) is 4.35. The molecule has 33 heavy (non-hydrogen) atoms. The summed E-state index contributed by atoms with van der Waals surface area (Å²) in [4.78, 5) is 33.4. The highest BCUT2D eigenvalue weighted by Gasteiger charge is 2.17. The van der Waals surface area contributed by atoms with Gasteiger partial charge in [-0.2, -0.15) is 5.10 Å². The molecule has 0 aliphatic heterocycles. The summed E-state index contributed by atoms with van der Waals surface area (Å²) in [7, 11) is 0. The Morgan fingerprint density at radius 1 is 1.09 bits per heavy atom. The first-order chi connectivity index (χ1) is 15.7. The number of aromatic nitrogens is 4. The molecular weight excluding hydrogens is 436 g/mol. The van der Waals surface area contributed by atoms with Crippen molar-refractivity contribution < 1.29 is 9.59 Å². The molecule has 4 rings (SSSR count). The number of carbonyl (C=O) groups is 2. The number of benzene rings is 1. The van der Waals surface area contributed by atoms with Gasteiger partial charge in [0.25, 0.3) is 5.91 Å². The van der Waals surface area contributed by atoms with Gasteiger partial charge in [-0.25, -0.2) is 14.6 Å². The maximum Gasteiger partial charge on any atom is 0.259 e. The second kappa shape index (κ2) is 9.11. The summed E-state index contributed by atoms with van der Waals surface area (Å²) in [5, 5.41) is 13.4. The SMILES string of the molecule is CC(=O)NC(C)c1ccc(-c2csc(NC(=O)c3cc4cnn(C(C)C)c4nc3C)n2)cc1. The lowest BCUT2D eigenvalue weighted by Crippen LogP contribution is -2.23. The first-order valence-corrected chi connectivity index (χ1v) is 11.6. The molecular formula is C24H26N6O2S. The average Bonchev–Trinajstić information content (AvgIpc) is 3.39. The Labute approximate surface area is 196 Å². The monoisotopic (exact) mass is 462 g/mol. The van der Waals surface area contributed by atoms with Gasteiger partial charge in [0.15, 0.2) is 10.8 Å². The van der Waals surface area contributed by atoms with Crippen LogP contribution in [0.5, 0.6) is 0 Å². The zero-order valence-corrected chi connectivity index (χ0v) is 20.0. The van der Waals surface area contributed by atoms with Crippen molar-refractivity contribution in [1.29, 1.82) is 0 Å². The molecule has 0 spiro atoms. The molecule has 0 aliphatic carbocycles. The Morgan fingerprint density at radius 2 is 1.82 bits per heavy atom. The van der Waals surface area contributed by atoms with Gasteiger partial charge in [0.2, 0.25) is 5.91 Å². The molecule has 0 fully saturated rings. The van der Waals surface area contributed by atoms with Gasteiger partial charge in [0.1, 0.15) is 0 Å². The number of amides is 2. The minimum absolute atomic E-state index is 0.0650. The highest BCUT2D eigenvalue weighted by molar-refractivity contribution is 7.14. The van der Waals surface area contributed by atoms with E-state index < -0.39 is 0 Å². The number of rotatable bonds is 6. The number of nitrogens with one attached hydrogen (secondary N) is 2. The van der Waals surface area contributed by atoms with Crippen LogP contribution in [0.2, 0.25) is 0 Å². The Balaban J connectivity index is 1.50. The van der Waals surface area contributed by atoms with Crippen LogP contribution >= 0.6 is 11.3 Å². The lowest BCUT2D eigenvalue weighted by atomic mass is 10.1. The summed E-state index contributed by atoms with van der Waals surface area (Å²) >= 11 is 1.37. The Morgan fingerprint density at radius 3 is 2.48 bits per heavy atom. The van der Waals surface area contributed by atoms with Crippen molar-refractivity contribution in [3.63, 3.8) is 0 Å². The topological polar surface area (TPSA) is 102 Å². The van der Waals surface area contributed by atoms with E-state index in [1.54, 1.807) is 6.20 Å². The maximum absolute atomic E-state index is 12.9. The minimum atomic E-state index is -0.250. The number of pyridine rings is 1. The van der Waals surface area contributed by atoms with Crippen LogP contribution in [0.4, 0.5) is 5.13 Å². The lowest BCUT2D eigenvalue weighted by molar-refractivity contribution is -0.119. The van der Waals surface area contributed by atoms with Crippen LogP contribution in [-0.2, 0) is 4.79 Å². The fourth-order valence-electron chi connectivity index (χ4n) is 3.63. The Kier molecular flexibility index (Phi) is 6.24. The maximum atomic E-state index is 12.9. The second-order valence-electron chi connectivity index (χ2n) is 8.25. The molecule has 3 aromatic heterocycles. The van der Waals surface area contributed by atoms with E-state index in [9.17, 15) is 9.59 Å². The number of carbonyl (C=O) groups excluding carboxylic acids is 2. The number of nitrogens with zero attached hydrogens (tertiary/aromatic N) is 4. The Bertz CT molecular complexity index is 1320. The van der Waals surface area contributed by atoms with Crippen LogP contribution < -0.4 is 10.6 Å². The molecule has 3 heterocycles. The molecule has 0 bridgehead atoms. The third-order valence-electron chi connectivity index (χ3n) is 5.34. The van der Waals surface area contributed by atoms with Gasteiger partial charge in [0, 0.05) is 29.3 Å². The van der Waals surface area contributed by atoms with Crippen molar-refractivity contribution in [3.8, 4) is 11.3 Å². The van der Waals surface area contributed by atoms with Crippen molar-refractivity contribution in [2.75, 3.05) is 5.32 Å². The first kappa shape index (κ1) is 22.6. The third-order valence-corrected chi connectivity index (χ3v) is 6.10. The predicted octanol–water partition coefficient (Wildman–Crippen LogP) is 4.89. The zero-order valence-electron chi connectivity index (χ0n) is 19.2. The number of anilines is 1. The lowest BCUT2D eigenvalue weighted by Gasteiger charge is -2.13. The van der Waals surface area contributed by atoms with E-state index in [-0.39, 0.29) is 23.9 Å². The minimum Gasteiger partial charge on any atom is -0.350 e. The van der Waals surface area contributed by atoms with Gasteiger partial charge >= 0.3 is 0 Å². The van der Waals surface area contributed by atoms with E-state index in [1.165, 1.54) is 18.3 Å². The molecule has 0 saturated carbocycles. The summed E-state index contributed by atoms with van der Waals surface area (Å²) in [5.41, 5.74) is 4.63. The van der Waals surface area contributed by atoms with Crippen molar-refractivity contribution in [3.05, 3.63) is 58.7 Å². The summed E-state index contributed by atoms with van der Waals surface area (Å²) in [6.45, 7) is 9.35. The van der Waals surface area contributed by atoms with Crippen LogP contribution in [0.3, 0.4) is 0 Å². The molecule has 2 N–H and O–H groups in total. The summed E-state index contributed by atoms with van der Waals surface area (Å²) in [6.07, 6.45) is 1.73. The summed E-state index contributed by atoms with van der Waals surface area (Å²) in [5.74, 6) is -0.315. The fraction of sp³-hybridized carbons (Fsp3) is 0.292. The largest absolute Gasteiger partial charge is 0.350 e. The van der Waals surface area contributed by atoms with E-state index in [2.05, 4.69) is 25.7 Å². The van der Waals surface area contributed by atoms with Crippen molar-refractivity contribution in [2.45, 2.75) is 46.7 Å². The second-order valence-corrected chi connectivity index (χ2v) is 9.11. The smallest absolute Gasteiger partial charge is 0.259 e. The molecule has 1 aromatic carbocycles. The van der Waals surface area contributed by atoms with Gasteiger partial charge in [-0.1, -0.05) is 24.3 Å². The molecule has 9 heteroatoms. The van der Waals surface area contributed by atoms with Crippen molar-refractivity contribution in [2.24, 2.45) is 0 Å². The molecule has 1 atom stereocenters. The number of hydrogen-bond donors (Lipinski definition) is 2. The van der Waals surface area contributed by atoms with Gasteiger partial charge < -0.3 is 5.32 Å². The van der Waals surface area contributed by atoms with Gasteiger partial charge in [-0.15, -0.1) is 11.3 Å². The van der Waals surface area contributed by atoms with Crippen LogP contribution in [0.25, 0.3) is 22.3 Å². The van der Waals surface area contributed by atoms with Crippen molar-refractivity contribution in [1.82, 2.24) is 25.1 Å². The normalized spacial score (nSPS) is 12.2. The molecule has 0 aliphatic rings. The molecule has 4 aromatic rings. The van der Waals surface area contributed by atoms with Gasteiger partial charge in [-0.05, 0) is 39.3 Å². The summed E-state index contributed by atoms with van der Waals surface area (Å²) < 4.78 is 1.85. The van der Waals surface area contributed by atoms with E-state index in [0.29, 0.717) is 16.4 Å². The number of hydrogen-bond acceptors (Lipinski definition) is 6. The van der Waals surface area contributed by atoms with Crippen molar-refractivity contribution >= 4 is 39.3 Å². The summed E-state index contributed by atoms with van der Waals surface area (Å²) in [6, 6.07) is 9.80. The molecule has 0 radical (unpaired) electrons. The van der Waals surface area contributed by atoms with E-state index in [1.807, 2.05) is 68.1 Å². The van der Waals surface area contributed by atoms with Crippen LogP contribution in [0.15, 0.2) is 41.9 Å². The standard InChI is InChI=1S/C24H26N6O2S/c1-13(2)30-22-19(11-25-30)10-20(15(4)27-22)23(32)29-24-28-21(12-33-24)18-8-6-17(7-9-18)14(3)26-16(5)31/h6-14H,1-5H3,(H,26,31)(H,28,29,32). The molecule has 0 saturated heterocycles. The highest BCUT2D eigenvalue weighted by atomic mass is 32.1. The average molecular weight is 463 g/mol. The quantitative estimate of drug-likeness (QED) is 0.425. The van der Waals surface area contributed by atoms with Gasteiger partial charge in [0.05, 0.1) is 29.2 Å². The van der Waals surface area contributed by atoms with Crippen LogP contribution in [-0.4, -0.2) is 31.6 Å². The van der Waals surface area contributed by atoms with E-state index in [0.717, 1.165) is 27.9 Å². The molecule has 8 nitrogen and oxygen atoms in total.